The maximum Gasteiger partial charge on any atom is 0.327 e. The normalized spacial score (nSPS) is 14.0. The number of benzene rings is 1. The Labute approximate surface area is 138 Å². The van der Waals surface area contributed by atoms with E-state index in [2.05, 4.69) is 15.1 Å². The van der Waals surface area contributed by atoms with Gasteiger partial charge in [-0.05, 0) is 25.8 Å². The topological polar surface area (TPSA) is 104 Å². The number of fused-ring (bicyclic) bond motifs is 1. The average Bonchev–Trinajstić information content (AvgIpc) is 2.93. The van der Waals surface area contributed by atoms with Crippen molar-refractivity contribution in [2.75, 3.05) is 0 Å². The minimum atomic E-state index is -0.869. The third-order valence-electron chi connectivity index (χ3n) is 4.25. The van der Waals surface area contributed by atoms with Crippen LogP contribution in [0.3, 0.4) is 0 Å². The van der Waals surface area contributed by atoms with E-state index in [-0.39, 0.29) is 17.1 Å². The van der Waals surface area contributed by atoms with E-state index >= 15 is 0 Å². The zero-order chi connectivity index (χ0) is 17.4. The van der Waals surface area contributed by atoms with Crippen LogP contribution < -0.4 is 11.2 Å². The Kier molecular flexibility index (Phi) is 4.11. The van der Waals surface area contributed by atoms with Crippen LogP contribution in [0.4, 0.5) is 0 Å². The van der Waals surface area contributed by atoms with Gasteiger partial charge in [-0.2, -0.15) is 5.10 Å². The molecule has 7 nitrogen and oxygen atoms in total. The molecular weight excluding hydrogens is 308 g/mol. The summed E-state index contributed by atoms with van der Waals surface area (Å²) >= 11 is 0. The summed E-state index contributed by atoms with van der Waals surface area (Å²) in [4.78, 5) is 28.8. The molecule has 0 saturated carbocycles. The predicted molar refractivity (Wildman–Crippen MR) is 91.2 cm³/mol. The highest BCUT2D eigenvalue weighted by molar-refractivity contribution is 5.77. The van der Waals surface area contributed by atoms with Crippen molar-refractivity contribution < 1.29 is 5.11 Å². The van der Waals surface area contributed by atoms with Crippen molar-refractivity contribution in [1.29, 1.82) is 0 Å². The molecular formula is C17H20N4O3. The number of hydrogen-bond donors (Lipinski definition) is 3. The van der Waals surface area contributed by atoms with Crippen molar-refractivity contribution in [3.8, 4) is 0 Å². The number of H-pyrrole nitrogens is 2. The number of aryl methyl sites for hydroxylation is 1. The smallest absolute Gasteiger partial charge is 0.327 e. The summed E-state index contributed by atoms with van der Waals surface area (Å²) in [5.41, 5.74) is 1.59. The third-order valence-corrected chi connectivity index (χ3v) is 4.25. The Hall–Kier alpha value is -2.67. The standard InChI is InChI=1S/C17H20N4O3/c1-4-12(22)14-13-15(18-17(24)19-16(13)23)21(20-14)10(3)11-7-5-9(2)6-8-11/h5-8,10,12,22H,4H2,1-3H3,(H2,18,19,23,24)/t10-,12-/m1/s1. The highest BCUT2D eigenvalue weighted by Gasteiger charge is 2.23. The molecule has 0 amide bonds. The van der Waals surface area contributed by atoms with Crippen molar-refractivity contribution >= 4 is 11.0 Å². The molecule has 0 radical (unpaired) electrons. The fraction of sp³-hybridized carbons (Fsp3) is 0.353. The second kappa shape index (κ2) is 6.09. The molecule has 2 atom stereocenters. The predicted octanol–water partition coefficient (Wildman–Crippen LogP) is 1.77. The third kappa shape index (κ3) is 2.67. The number of aliphatic hydroxyl groups is 1. The van der Waals surface area contributed by atoms with Crippen LogP contribution in [0.1, 0.15) is 49.2 Å². The largest absolute Gasteiger partial charge is 0.387 e. The first-order valence-corrected chi connectivity index (χ1v) is 7.91. The Balaban J connectivity index is 2.26. The lowest BCUT2D eigenvalue weighted by Crippen LogP contribution is -2.23. The van der Waals surface area contributed by atoms with Gasteiger partial charge in [-0.15, -0.1) is 0 Å². The number of aliphatic hydroxyl groups excluding tert-OH is 1. The van der Waals surface area contributed by atoms with Gasteiger partial charge < -0.3 is 5.11 Å². The molecule has 1 aromatic carbocycles. The summed E-state index contributed by atoms with van der Waals surface area (Å²) < 4.78 is 1.59. The molecule has 7 heteroatoms. The van der Waals surface area contributed by atoms with Crippen LogP contribution in [0.15, 0.2) is 33.9 Å². The van der Waals surface area contributed by atoms with Crippen molar-refractivity contribution in [2.24, 2.45) is 0 Å². The first-order valence-electron chi connectivity index (χ1n) is 7.91. The van der Waals surface area contributed by atoms with E-state index in [1.54, 1.807) is 11.6 Å². The second-order valence-electron chi connectivity index (χ2n) is 5.97. The molecule has 0 unspecified atom stereocenters. The zero-order valence-electron chi connectivity index (χ0n) is 13.8. The van der Waals surface area contributed by atoms with Crippen LogP contribution in [-0.4, -0.2) is 24.9 Å². The maximum absolute atomic E-state index is 12.2. The summed E-state index contributed by atoms with van der Waals surface area (Å²) in [6.45, 7) is 5.74. The molecule has 2 aromatic heterocycles. The summed E-state index contributed by atoms with van der Waals surface area (Å²) in [5, 5.41) is 14.9. The lowest BCUT2D eigenvalue weighted by molar-refractivity contribution is 0.169. The summed E-state index contributed by atoms with van der Waals surface area (Å²) in [6.07, 6.45) is -0.449. The van der Waals surface area contributed by atoms with E-state index in [0.717, 1.165) is 11.1 Å². The number of nitrogens with one attached hydrogen (secondary N) is 2. The van der Waals surface area contributed by atoms with Crippen molar-refractivity contribution in [3.05, 3.63) is 61.9 Å². The van der Waals surface area contributed by atoms with Gasteiger partial charge in [-0.25, -0.2) is 9.48 Å². The highest BCUT2D eigenvalue weighted by atomic mass is 16.3. The fourth-order valence-electron chi connectivity index (χ4n) is 2.79. The monoisotopic (exact) mass is 328 g/mol. The fourth-order valence-corrected chi connectivity index (χ4v) is 2.79. The number of nitrogens with zero attached hydrogens (tertiary/aromatic N) is 2. The lowest BCUT2D eigenvalue weighted by Gasteiger charge is -2.14. The van der Waals surface area contributed by atoms with Crippen molar-refractivity contribution in [3.63, 3.8) is 0 Å². The van der Waals surface area contributed by atoms with Gasteiger partial charge in [0, 0.05) is 0 Å². The maximum atomic E-state index is 12.2. The molecule has 3 aromatic rings. The van der Waals surface area contributed by atoms with Gasteiger partial charge in [0.15, 0.2) is 0 Å². The molecule has 126 valence electrons. The highest BCUT2D eigenvalue weighted by Crippen LogP contribution is 2.26. The van der Waals surface area contributed by atoms with Crippen molar-refractivity contribution in [1.82, 2.24) is 19.7 Å². The van der Waals surface area contributed by atoms with Crippen molar-refractivity contribution in [2.45, 2.75) is 39.3 Å². The molecule has 0 bridgehead atoms. The van der Waals surface area contributed by atoms with E-state index in [1.807, 2.05) is 38.1 Å². The van der Waals surface area contributed by atoms with E-state index in [0.29, 0.717) is 12.1 Å². The molecule has 0 aliphatic heterocycles. The second-order valence-corrected chi connectivity index (χ2v) is 5.97. The minimum Gasteiger partial charge on any atom is -0.387 e. The molecule has 0 spiro atoms. The van der Waals surface area contributed by atoms with Gasteiger partial charge in [-0.3, -0.25) is 14.8 Å². The van der Waals surface area contributed by atoms with E-state index in [9.17, 15) is 14.7 Å². The van der Waals surface area contributed by atoms with Gasteiger partial charge in [0.1, 0.15) is 16.7 Å². The molecule has 0 aliphatic carbocycles. The van der Waals surface area contributed by atoms with Gasteiger partial charge >= 0.3 is 5.69 Å². The Morgan fingerprint density at radius 3 is 2.50 bits per heavy atom. The van der Waals surface area contributed by atoms with Crippen LogP contribution in [0, 0.1) is 6.92 Å². The quantitative estimate of drug-likeness (QED) is 0.679. The van der Waals surface area contributed by atoms with Crippen LogP contribution in [0.2, 0.25) is 0 Å². The number of aromatic amines is 2. The van der Waals surface area contributed by atoms with Crippen LogP contribution in [0.5, 0.6) is 0 Å². The molecule has 0 aliphatic rings. The molecule has 24 heavy (non-hydrogen) atoms. The van der Waals surface area contributed by atoms with Crippen LogP contribution in [0.25, 0.3) is 11.0 Å². The Bertz CT molecular complexity index is 982. The first kappa shape index (κ1) is 16.2. The van der Waals surface area contributed by atoms with Crippen LogP contribution in [-0.2, 0) is 0 Å². The number of aromatic nitrogens is 4. The SMILES string of the molecule is CC[C@@H](O)c1nn([C@H](C)c2ccc(C)cc2)c2[nH]c(=O)[nH]c(=O)c12. The van der Waals surface area contributed by atoms with Gasteiger partial charge in [-0.1, -0.05) is 36.8 Å². The summed E-state index contributed by atoms with van der Waals surface area (Å²) in [7, 11) is 0. The van der Waals surface area contributed by atoms with Crippen LogP contribution >= 0.6 is 0 Å². The van der Waals surface area contributed by atoms with Gasteiger partial charge in [0.25, 0.3) is 5.56 Å². The lowest BCUT2D eigenvalue weighted by atomic mass is 10.1. The Morgan fingerprint density at radius 2 is 1.88 bits per heavy atom. The summed E-state index contributed by atoms with van der Waals surface area (Å²) in [6, 6.07) is 7.75. The minimum absolute atomic E-state index is 0.205. The molecule has 3 rings (SSSR count). The zero-order valence-corrected chi connectivity index (χ0v) is 13.8. The molecule has 0 fully saturated rings. The molecule has 0 saturated heterocycles. The van der Waals surface area contributed by atoms with Gasteiger partial charge in [0.05, 0.1) is 12.1 Å². The van der Waals surface area contributed by atoms with E-state index in [1.165, 1.54) is 0 Å². The van der Waals surface area contributed by atoms with E-state index in [4.69, 9.17) is 0 Å². The van der Waals surface area contributed by atoms with Gasteiger partial charge in [0.2, 0.25) is 0 Å². The number of rotatable bonds is 4. The molecule has 3 N–H and O–H groups in total. The first-order chi connectivity index (χ1) is 11.4. The molecule has 2 heterocycles. The average molecular weight is 328 g/mol. The Morgan fingerprint density at radius 1 is 1.21 bits per heavy atom. The van der Waals surface area contributed by atoms with E-state index < -0.39 is 17.4 Å². The number of hydrogen-bond acceptors (Lipinski definition) is 4. The summed E-state index contributed by atoms with van der Waals surface area (Å²) in [5.74, 6) is 0.